The van der Waals surface area contributed by atoms with Crippen molar-refractivity contribution in [1.29, 1.82) is 0 Å². The second-order valence-electron chi connectivity index (χ2n) is 7.30. The smallest absolute Gasteiger partial charge is 0.118 e. The van der Waals surface area contributed by atoms with Crippen LogP contribution in [0.15, 0.2) is 48.1 Å². The lowest BCUT2D eigenvalue weighted by Crippen LogP contribution is -2.44. The van der Waals surface area contributed by atoms with Crippen LogP contribution in [0.5, 0.6) is 0 Å². The zero-order valence-corrected chi connectivity index (χ0v) is 14.1. The quantitative estimate of drug-likeness (QED) is 0.601. The van der Waals surface area contributed by atoms with Crippen LogP contribution >= 0.6 is 11.6 Å². The van der Waals surface area contributed by atoms with Crippen LogP contribution in [0.2, 0.25) is 0 Å². The lowest BCUT2D eigenvalue weighted by atomic mass is 10.0. The Balaban J connectivity index is 2.55. The summed E-state index contributed by atoms with van der Waals surface area (Å²) in [6, 6.07) is 0. The highest BCUT2D eigenvalue weighted by molar-refractivity contribution is 6.24. The lowest BCUT2D eigenvalue weighted by Gasteiger charge is -2.41. The number of nitrogens with zero attached hydrogens (tertiary/aromatic N) is 2. The molecular formula is C17H25ClN2. The average Bonchev–Trinajstić information content (AvgIpc) is 2.73. The molecule has 2 rings (SSSR count). The van der Waals surface area contributed by atoms with Gasteiger partial charge in [-0.25, -0.2) is 0 Å². The van der Waals surface area contributed by atoms with Gasteiger partial charge in [-0.2, -0.15) is 0 Å². The van der Waals surface area contributed by atoms with Crippen LogP contribution < -0.4 is 0 Å². The zero-order valence-electron chi connectivity index (χ0n) is 13.3. The standard InChI is InChI=1S/C17H25ClN2/c1-16(2,3)19-11-12-20(17(4,5)6)15(19)13-9-7-8-10-14(13)18/h7-12,14H,1-6H3. The van der Waals surface area contributed by atoms with Gasteiger partial charge in [-0.3, -0.25) is 0 Å². The number of hydrogen-bond donors (Lipinski definition) is 0. The van der Waals surface area contributed by atoms with E-state index in [1.165, 1.54) is 5.82 Å². The predicted octanol–water partition coefficient (Wildman–Crippen LogP) is 4.62. The Bertz CT molecular complexity index is 472. The zero-order chi connectivity index (χ0) is 15.1. The Morgan fingerprint density at radius 1 is 0.900 bits per heavy atom. The summed E-state index contributed by atoms with van der Waals surface area (Å²) in [6.07, 6.45) is 12.5. The molecule has 3 heteroatoms. The largest absolute Gasteiger partial charge is 0.327 e. The van der Waals surface area contributed by atoms with Gasteiger partial charge >= 0.3 is 0 Å². The molecular weight excluding hydrogens is 268 g/mol. The van der Waals surface area contributed by atoms with Crippen molar-refractivity contribution in [3.8, 4) is 0 Å². The van der Waals surface area contributed by atoms with E-state index in [1.54, 1.807) is 0 Å². The Morgan fingerprint density at radius 3 is 1.80 bits per heavy atom. The van der Waals surface area contributed by atoms with Crippen molar-refractivity contribution in [1.82, 2.24) is 9.80 Å². The van der Waals surface area contributed by atoms with Gasteiger partial charge in [-0.05, 0) is 41.5 Å². The molecule has 0 aromatic heterocycles. The van der Waals surface area contributed by atoms with Crippen molar-refractivity contribution in [3.63, 3.8) is 0 Å². The maximum Gasteiger partial charge on any atom is 0.118 e. The molecule has 0 aromatic rings. The molecule has 0 spiro atoms. The molecule has 2 nitrogen and oxygen atoms in total. The third-order valence-corrected chi connectivity index (χ3v) is 3.87. The minimum atomic E-state index is -0.0791. The lowest BCUT2D eigenvalue weighted by molar-refractivity contribution is 0.173. The molecule has 1 heterocycles. The highest BCUT2D eigenvalue weighted by atomic mass is 35.5. The Labute approximate surface area is 128 Å². The van der Waals surface area contributed by atoms with E-state index in [0.717, 1.165) is 5.57 Å². The van der Waals surface area contributed by atoms with Gasteiger partial charge in [-0.15, -0.1) is 11.6 Å². The molecule has 0 N–H and O–H groups in total. The minimum absolute atomic E-state index is 0.0183. The van der Waals surface area contributed by atoms with Crippen molar-refractivity contribution < 1.29 is 0 Å². The van der Waals surface area contributed by atoms with Gasteiger partial charge in [0.25, 0.3) is 0 Å². The normalized spacial score (nSPS) is 23.2. The SMILES string of the molecule is CC(C)(C)N1C=CN(C(C)(C)C)C1=C1C=CC=CC1Cl. The third kappa shape index (κ3) is 2.80. The first-order chi connectivity index (χ1) is 9.12. The molecule has 1 atom stereocenters. The van der Waals surface area contributed by atoms with E-state index in [9.17, 15) is 0 Å². The van der Waals surface area contributed by atoms with Crippen molar-refractivity contribution in [2.45, 2.75) is 58.0 Å². The number of alkyl halides is 1. The fraction of sp³-hybridized carbons (Fsp3) is 0.529. The summed E-state index contributed by atoms with van der Waals surface area (Å²) in [4.78, 5) is 4.62. The topological polar surface area (TPSA) is 6.48 Å². The maximum absolute atomic E-state index is 6.52. The predicted molar refractivity (Wildman–Crippen MR) is 87.3 cm³/mol. The summed E-state index contributed by atoms with van der Waals surface area (Å²) in [5.41, 5.74) is 1.19. The van der Waals surface area contributed by atoms with E-state index < -0.39 is 0 Å². The van der Waals surface area contributed by atoms with Crippen molar-refractivity contribution >= 4 is 11.6 Å². The molecule has 0 amide bonds. The fourth-order valence-corrected chi connectivity index (χ4v) is 2.72. The van der Waals surface area contributed by atoms with Crippen LogP contribution in [0.4, 0.5) is 0 Å². The van der Waals surface area contributed by atoms with E-state index in [0.29, 0.717) is 0 Å². The highest BCUT2D eigenvalue weighted by Crippen LogP contribution is 2.38. The van der Waals surface area contributed by atoms with Gasteiger partial charge in [0.05, 0.1) is 5.38 Å². The molecule has 1 aliphatic carbocycles. The molecule has 110 valence electrons. The molecule has 0 fully saturated rings. The van der Waals surface area contributed by atoms with Crippen LogP contribution in [-0.4, -0.2) is 26.3 Å². The molecule has 0 radical (unpaired) electrons. The first-order valence-electron chi connectivity index (χ1n) is 7.12. The van der Waals surface area contributed by atoms with Crippen molar-refractivity contribution in [3.05, 3.63) is 48.1 Å². The van der Waals surface area contributed by atoms with Crippen LogP contribution in [-0.2, 0) is 0 Å². The molecule has 0 saturated heterocycles. The first kappa shape index (κ1) is 15.2. The second kappa shape index (κ2) is 5.00. The van der Waals surface area contributed by atoms with E-state index in [-0.39, 0.29) is 16.5 Å². The molecule has 1 aliphatic heterocycles. The van der Waals surface area contributed by atoms with Gasteiger partial charge in [0, 0.05) is 29.1 Å². The number of halogens is 1. The maximum atomic E-state index is 6.52. The summed E-state index contributed by atoms with van der Waals surface area (Å²) in [5, 5.41) is -0.0791. The fourth-order valence-electron chi connectivity index (χ4n) is 2.47. The second-order valence-corrected chi connectivity index (χ2v) is 7.77. The van der Waals surface area contributed by atoms with Gasteiger partial charge in [0.1, 0.15) is 5.82 Å². The molecule has 0 saturated carbocycles. The Hall–Kier alpha value is -1.15. The molecule has 2 aliphatic rings. The van der Waals surface area contributed by atoms with E-state index >= 15 is 0 Å². The highest BCUT2D eigenvalue weighted by Gasteiger charge is 2.36. The molecule has 1 unspecified atom stereocenters. The summed E-state index contributed by atoms with van der Waals surface area (Å²) >= 11 is 6.52. The van der Waals surface area contributed by atoms with Crippen molar-refractivity contribution in [2.24, 2.45) is 0 Å². The van der Waals surface area contributed by atoms with Crippen LogP contribution in [0.1, 0.15) is 41.5 Å². The monoisotopic (exact) mass is 292 g/mol. The summed E-state index contributed by atoms with van der Waals surface area (Å²) < 4.78 is 0. The van der Waals surface area contributed by atoms with Crippen LogP contribution in [0, 0.1) is 0 Å². The van der Waals surface area contributed by atoms with Crippen LogP contribution in [0.3, 0.4) is 0 Å². The van der Waals surface area contributed by atoms with Gasteiger partial charge in [0.2, 0.25) is 0 Å². The minimum Gasteiger partial charge on any atom is -0.327 e. The number of rotatable bonds is 0. The van der Waals surface area contributed by atoms with E-state index in [4.69, 9.17) is 11.6 Å². The summed E-state index contributed by atoms with van der Waals surface area (Å²) in [5.74, 6) is 1.19. The van der Waals surface area contributed by atoms with E-state index in [1.807, 2.05) is 12.2 Å². The average molecular weight is 293 g/mol. The third-order valence-electron chi connectivity index (χ3n) is 3.49. The summed E-state index contributed by atoms with van der Waals surface area (Å²) in [6.45, 7) is 13.3. The molecule has 20 heavy (non-hydrogen) atoms. The number of hydrogen-bond acceptors (Lipinski definition) is 2. The van der Waals surface area contributed by atoms with Crippen molar-refractivity contribution in [2.75, 3.05) is 0 Å². The van der Waals surface area contributed by atoms with Gasteiger partial charge in [0.15, 0.2) is 0 Å². The van der Waals surface area contributed by atoms with Crippen LogP contribution in [0.25, 0.3) is 0 Å². The van der Waals surface area contributed by atoms with E-state index in [2.05, 4.69) is 75.9 Å². The molecule has 0 bridgehead atoms. The number of allylic oxidation sites excluding steroid dienone is 5. The summed E-state index contributed by atoms with van der Waals surface area (Å²) in [7, 11) is 0. The Morgan fingerprint density at radius 2 is 1.40 bits per heavy atom. The first-order valence-corrected chi connectivity index (χ1v) is 7.56. The Kier molecular flexibility index (Phi) is 3.81. The van der Waals surface area contributed by atoms with Gasteiger partial charge in [-0.1, -0.05) is 24.3 Å². The molecule has 0 aromatic carbocycles. The van der Waals surface area contributed by atoms with Gasteiger partial charge < -0.3 is 9.80 Å².